The van der Waals surface area contributed by atoms with Crippen LogP contribution in [0.3, 0.4) is 0 Å². The molecular formula is C14H23ClN2O2S2. The summed E-state index contributed by atoms with van der Waals surface area (Å²) in [4.78, 5) is 0. The first-order chi connectivity index (χ1) is 9.95. The smallest absolute Gasteiger partial charge is 0.252 e. The Bertz CT molecular complexity index is 546. The summed E-state index contributed by atoms with van der Waals surface area (Å²) in [5, 5.41) is 3.37. The number of halogens is 1. The van der Waals surface area contributed by atoms with Crippen LogP contribution in [0.15, 0.2) is 10.3 Å². The van der Waals surface area contributed by atoms with Crippen LogP contribution in [0.5, 0.6) is 0 Å². The highest BCUT2D eigenvalue weighted by atomic mass is 35.5. The molecule has 2 rings (SSSR count). The second-order valence-electron chi connectivity index (χ2n) is 5.53. The molecule has 0 amide bonds. The van der Waals surface area contributed by atoms with Crippen molar-refractivity contribution in [2.75, 3.05) is 19.6 Å². The molecule has 4 nitrogen and oxygen atoms in total. The van der Waals surface area contributed by atoms with Crippen LogP contribution in [-0.4, -0.2) is 38.4 Å². The number of thiophene rings is 1. The molecule has 1 atom stereocenters. The maximum absolute atomic E-state index is 12.8. The van der Waals surface area contributed by atoms with E-state index in [2.05, 4.69) is 12.2 Å². The van der Waals surface area contributed by atoms with E-state index in [0.717, 1.165) is 49.1 Å². The van der Waals surface area contributed by atoms with Crippen LogP contribution in [0, 0.1) is 6.92 Å². The molecule has 0 bridgehead atoms. The van der Waals surface area contributed by atoms with Gasteiger partial charge in [0, 0.05) is 19.1 Å². The molecule has 0 aromatic carbocycles. The van der Waals surface area contributed by atoms with E-state index in [1.165, 1.54) is 0 Å². The number of aryl methyl sites for hydroxylation is 1. The number of nitrogens with one attached hydrogen (secondary N) is 1. The van der Waals surface area contributed by atoms with Crippen LogP contribution in [0.25, 0.3) is 0 Å². The highest BCUT2D eigenvalue weighted by Gasteiger charge is 2.29. The minimum atomic E-state index is -3.44. The van der Waals surface area contributed by atoms with Crippen LogP contribution in [0.4, 0.5) is 0 Å². The summed E-state index contributed by atoms with van der Waals surface area (Å²) in [5.74, 6) is 0. The summed E-state index contributed by atoms with van der Waals surface area (Å²) in [5.41, 5.74) is 0.828. The molecule has 0 spiro atoms. The summed E-state index contributed by atoms with van der Waals surface area (Å²) in [6, 6.07) is 1.96. The summed E-state index contributed by atoms with van der Waals surface area (Å²) in [7, 11) is -3.44. The average Bonchev–Trinajstić information content (AvgIpc) is 3.05. The fourth-order valence-electron chi connectivity index (χ4n) is 2.49. The summed E-state index contributed by atoms with van der Waals surface area (Å²) in [6.07, 6.45) is 4.02. The zero-order chi connectivity index (χ0) is 15.5. The van der Waals surface area contributed by atoms with Gasteiger partial charge in [-0.1, -0.05) is 24.9 Å². The Morgan fingerprint density at radius 2 is 2.29 bits per heavy atom. The first-order valence-electron chi connectivity index (χ1n) is 7.44. The Labute approximate surface area is 136 Å². The number of unbranched alkanes of at least 4 members (excludes halogenated alkanes) is 1. The predicted octanol–water partition coefficient (Wildman–Crippen LogP) is 3.25. The van der Waals surface area contributed by atoms with E-state index in [1.807, 2.05) is 6.92 Å². The van der Waals surface area contributed by atoms with E-state index in [9.17, 15) is 8.42 Å². The van der Waals surface area contributed by atoms with Crippen LogP contribution < -0.4 is 5.32 Å². The van der Waals surface area contributed by atoms with Crippen molar-refractivity contribution < 1.29 is 8.42 Å². The van der Waals surface area contributed by atoms with Crippen molar-refractivity contribution in [1.29, 1.82) is 0 Å². The molecule has 1 fully saturated rings. The zero-order valence-electron chi connectivity index (χ0n) is 12.6. The second kappa shape index (κ2) is 7.42. The molecule has 0 aliphatic carbocycles. The van der Waals surface area contributed by atoms with Crippen molar-refractivity contribution >= 4 is 33.0 Å². The molecular weight excluding hydrogens is 328 g/mol. The normalized spacial score (nSPS) is 19.5. The van der Waals surface area contributed by atoms with Crippen molar-refractivity contribution in [2.45, 2.75) is 49.8 Å². The summed E-state index contributed by atoms with van der Waals surface area (Å²) < 4.78 is 28.2. The molecule has 2 heterocycles. The predicted molar refractivity (Wildman–Crippen MR) is 88.8 cm³/mol. The Morgan fingerprint density at radius 3 is 2.81 bits per heavy atom. The van der Waals surface area contributed by atoms with Crippen molar-refractivity contribution in [2.24, 2.45) is 0 Å². The van der Waals surface area contributed by atoms with Gasteiger partial charge in [0.05, 0.1) is 4.34 Å². The third kappa shape index (κ3) is 4.20. The maximum Gasteiger partial charge on any atom is 0.252 e. The van der Waals surface area contributed by atoms with Crippen molar-refractivity contribution in [1.82, 2.24) is 9.62 Å². The minimum absolute atomic E-state index is 0.271. The molecule has 0 radical (unpaired) electrons. The van der Waals surface area contributed by atoms with Gasteiger partial charge in [-0.2, -0.15) is 4.31 Å². The van der Waals surface area contributed by atoms with Crippen LogP contribution in [0.2, 0.25) is 4.34 Å². The van der Waals surface area contributed by atoms with E-state index in [4.69, 9.17) is 11.6 Å². The van der Waals surface area contributed by atoms with Gasteiger partial charge >= 0.3 is 0 Å². The first-order valence-corrected chi connectivity index (χ1v) is 10.1. The fraction of sp³-hybridized carbons (Fsp3) is 0.714. The van der Waals surface area contributed by atoms with Gasteiger partial charge in [-0.15, -0.1) is 11.3 Å². The van der Waals surface area contributed by atoms with E-state index in [-0.39, 0.29) is 6.04 Å². The van der Waals surface area contributed by atoms with Gasteiger partial charge in [-0.25, -0.2) is 8.42 Å². The molecule has 120 valence electrons. The van der Waals surface area contributed by atoms with E-state index >= 15 is 0 Å². The quantitative estimate of drug-likeness (QED) is 0.821. The van der Waals surface area contributed by atoms with E-state index in [1.54, 1.807) is 10.4 Å². The van der Waals surface area contributed by atoms with Gasteiger partial charge in [0.15, 0.2) is 0 Å². The number of hydrogen-bond donors (Lipinski definition) is 1. The van der Waals surface area contributed by atoms with Gasteiger partial charge < -0.3 is 5.32 Å². The lowest BCUT2D eigenvalue weighted by Crippen LogP contribution is -2.41. The first kappa shape index (κ1) is 17.2. The van der Waals surface area contributed by atoms with Crippen molar-refractivity contribution in [3.8, 4) is 0 Å². The van der Waals surface area contributed by atoms with Crippen molar-refractivity contribution in [3.05, 3.63) is 16.0 Å². The molecule has 1 aliphatic rings. The van der Waals surface area contributed by atoms with Crippen LogP contribution >= 0.6 is 22.9 Å². The molecule has 0 saturated carbocycles. The van der Waals surface area contributed by atoms with Gasteiger partial charge in [0.2, 0.25) is 0 Å². The maximum atomic E-state index is 12.8. The Hall–Kier alpha value is -0.140. The number of hydrogen-bond acceptors (Lipinski definition) is 4. The third-order valence-corrected chi connectivity index (χ3v) is 7.65. The summed E-state index contributed by atoms with van der Waals surface area (Å²) in [6.45, 7) is 6.02. The van der Waals surface area contributed by atoms with E-state index < -0.39 is 10.0 Å². The number of rotatable bonds is 7. The van der Waals surface area contributed by atoms with Crippen molar-refractivity contribution in [3.63, 3.8) is 0 Å². The van der Waals surface area contributed by atoms with Crippen LogP contribution in [0.1, 0.15) is 38.2 Å². The Kier molecular flexibility index (Phi) is 6.08. The van der Waals surface area contributed by atoms with Gasteiger partial charge in [0.1, 0.15) is 4.21 Å². The van der Waals surface area contributed by atoms with E-state index in [0.29, 0.717) is 21.6 Å². The Morgan fingerprint density at radius 1 is 1.52 bits per heavy atom. The summed E-state index contributed by atoms with van der Waals surface area (Å²) >= 11 is 7.19. The monoisotopic (exact) mass is 350 g/mol. The Balaban J connectivity index is 2.20. The fourth-order valence-corrected chi connectivity index (χ4v) is 5.88. The standard InChI is InChI=1S/C14H23ClN2O2S2/c1-3-4-8-17(10-12-6-5-7-16-12)21(18,19)13-9-11(2)14(15)20-13/h9,12,16H,3-8,10H2,1-2H3. The second-order valence-corrected chi connectivity index (χ2v) is 9.35. The molecule has 1 N–H and O–H groups in total. The lowest BCUT2D eigenvalue weighted by atomic mass is 10.2. The molecule has 1 saturated heterocycles. The minimum Gasteiger partial charge on any atom is -0.313 e. The highest BCUT2D eigenvalue weighted by molar-refractivity contribution is 7.91. The largest absolute Gasteiger partial charge is 0.313 e. The van der Waals surface area contributed by atoms with Gasteiger partial charge in [0.25, 0.3) is 10.0 Å². The third-order valence-electron chi connectivity index (χ3n) is 3.78. The highest BCUT2D eigenvalue weighted by Crippen LogP contribution is 2.32. The molecule has 1 aromatic rings. The lowest BCUT2D eigenvalue weighted by Gasteiger charge is -2.24. The average molecular weight is 351 g/mol. The molecule has 1 unspecified atom stereocenters. The lowest BCUT2D eigenvalue weighted by molar-refractivity contribution is 0.365. The molecule has 1 aliphatic heterocycles. The molecule has 1 aromatic heterocycles. The van der Waals surface area contributed by atoms with Crippen LogP contribution in [-0.2, 0) is 10.0 Å². The number of nitrogens with zero attached hydrogens (tertiary/aromatic N) is 1. The topological polar surface area (TPSA) is 49.4 Å². The SMILES string of the molecule is CCCCN(CC1CCCN1)S(=O)(=O)c1cc(C)c(Cl)s1. The molecule has 21 heavy (non-hydrogen) atoms. The van der Waals surface area contributed by atoms with Gasteiger partial charge in [-0.05, 0) is 44.4 Å². The zero-order valence-corrected chi connectivity index (χ0v) is 15.0. The van der Waals surface area contributed by atoms with Gasteiger partial charge in [-0.3, -0.25) is 0 Å². The molecule has 7 heteroatoms. The number of sulfonamides is 1.